The SMILES string of the molecule is CC(COC(C)COCC(C)OCC(C)OP)OP. The average Bonchev–Trinajstić information content (AvgIpc) is 2.41. The topological polar surface area (TPSA) is 46.2 Å². The van der Waals surface area contributed by atoms with E-state index < -0.39 is 0 Å². The molecule has 0 aliphatic rings. The van der Waals surface area contributed by atoms with Crippen LogP contribution in [0.15, 0.2) is 0 Å². The fourth-order valence-corrected chi connectivity index (χ4v) is 1.33. The van der Waals surface area contributed by atoms with Crippen LogP contribution >= 0.6 is 18.9 Å². The largest absolute Gasteiger partial charge is 0.376 e. The molecule has 116 valence electrons. The van der Waals surface area contributed by atoms with Crippen molar-refractivity contribution in [2.75, 3.05) is 26.4 Å². The zero-order chi connectivity index (χ0) is 14.7. The fourth-order valence-electron chi connectivity index (χ4n) is 1.17. The van der Waals surface area contributed by atoms with Crippen molar-refractivity contribution >= 4 is 18.9 Å². The molecular formula is C12H28O5P2. The Balaban J connectivity index is 3.50. The highest BCUT2D eigenvalue weighted by Crippen LogP contribution is 2.03. The molecule has 0 aromatic carbocycles. The molecule has 7 heteroatoms. The summed E-state index contributed by atoms with van der Waals surface area (Å²) < 4.78 is 26.7. The maximum absolute atomic E-state index is 5.57. The molecule has 0 rings (SSSR count). The summed E-state index contributed by atoms with van der Waals surface area (Å²) in [5.41, 5.74) is 0. The Morgan fingerprint density at radius 1 is 0.632 bits per heavy atom. The van der Waals surface area contributed by atoms with E-state index in [1.807, 2.05) is 27.7 Å². The Kier molecular flexibility index (Phi) is 12.8. The molecule has 0 radical (unpaired) electrons. The summed E-state index contributed by atoms with van der Waals surface area (Å²) in [5, 5.41) is 0. The lowest BCUT2D eigenvalue weighted by Crippen LogP contribution is -2.26. The maximum Gasteiger partial charge on any atom is 0.0816 e. The Morgan fingerprint density at radius 3 is 1.32 bits per heavy atom. The van der Waals surface area contributed by atoms with Gasteiger partial charge in [-0.1, -0.05) is 0 Å². The third kappa shape index (κ3) is 12.1. The van der Waals surface area contributed by atoms with E-state index >= 15 is 0 Å². The molecule has 0 aromatic heterocycles. The molecule has 0 aromatic rings. The van der Waals surface area contributed by atoms with Crippen LogP contribution in [0.5, 0.6) is 0 Å². The third-order valence-electron chi connectivity index (χ3n) is 2.40. The molecule has 0 aliphatic carbocycles. The van der Waals surface area contributed by atoms with Crippen molar-refractivity contribution in [2.45, 2.75) is 52.1 Å². The van der Waals surface area contributed by atoms with Gasteiger partial charge in [0.15, 0.2) is 0 Å². The van der Waals surface area contributed by atoms with Gasteiger partial charge < -0.3 is 23.3 Å². The summed E-state index contributed by atoms with van der Waals surface area (Å²) in [6, 6.07) is 0. The second kappa shape index (κ2) is 12.4. The van der Waals surface area contributed by atoms with Gasteiger partial charge in [0.05, 0.1) is 50.8 Å². The van der Waals surface area contributed by atoms with Crippen LogP contribution in [0.4, 0.5) is 0 Å². The molecule has 0 spiro atoms. The second-order valence-corrected chi connectivity index (χ2v) is 5.26. The van der Waals surface area contributed by atoms with Crippen LogP contribution in [-0.4, -0.2) is 50.8 Å². The second-order valence-electron chi connectivity index (χ2n) is 4.72. The molecule has 6 atom stereocenters. The van der Waals surface area contributed by atoms with E-state index in [2.05, 4.69) is 18.9 Å². The fraction of sp³-hybridized carbons (Fsp3) is 1.00. The molecule has 0 saturated heterocycles. The maximum atomic E-state index is 5.57. The first kappa shape index (κ1) is 19.7. The van der Waals surface area contributed by atoms with Crippen molar-refractivity contribution in [3.05, 3.63) is 0 Å². The number of rotatable bonds is 12. The molecular weight excluding hydrogens is 286 g/mol. The summed E-state index contributed by atoms with van der Waals surface area (Å²) in [6.45, 7) is 10.1. The van der Waals surface area contributed by atoms with Gasteiger partial charge in [-0.3, -0.25) is 0 Å². The molecule has 5 nitrogen and oxygen atoms in total. The van der Waals surface area contributed by atoms with Crippen LogP contribution in [0.3, 0.4) is 0 Å². The quantitative estimate of drug-likeness (QED) is 0.517. The van der Waals surface area contributed by atoms with Crippen molar-refractivity contribution in [2.24, 2.45) is 0 Å². The van der Waals surface area contributed by atoms with E-state index in [9.17, 15) is 0 Å². The number of hydrogen-bond acceptors (Lipinski definition) is 5. The van der Waals surface area contributed by atoms with E-state index in [-0.39, 0.29) is 24.4 Å². The zero-order valence-electron chi connectivity index (χ0n) is 12.3. The van der Waals surface area contributed by atoms with Gasteiger partial charge >= 0.3 is 0 Å². The summed E-state index contributed by atoms with van der Waals surface area (Å²) in [7, 11) is 4.47. The molecule has 0 N–H and O–H groups in total. The monoisotopic (exact) mass is 314 g/mol. The molecule has 19 heavy (non-hydrogen) atoms. The van der Waals surface area contributed by atoms with Gasteiger partial charge in [0.25, 0.3) is 0 Å². The first-order chi connectivity index (χ1) is 8.99. The van der Waals surface area contributed by atoms with E-state index in [1.165, 1.54) is 0 Å². The van der Waals surface area contributed by atoms with E-state index in [0.29, 0.717) is 26.4 Å². The third-order valence-corrected chi connectivity index (χ3v) is 3.33. The van der Waals surface area contributed by atoms with Gasteiger partial charge in [-0.25, -0.2) is 0 Å². The Bertz CT molecular complexity index is 189. The van der Waals surface area contributed by atoms with Gasteiger partial charge in [0.1, 0.15) is 0 Å². The van der Waals surface area contributed by atoms with Gasteiger partial charge in [-0.15, -0.1) is 0 Å². The van der Waals surface area contributed by atoms with Gasteiger partial charge in [0, 0.05) is 18.9 Å². The predicted molar refractivity (Wildman–Crippen MR) is 82.2 cm³/mol. The lowest BCUT2D eigenvalue weighted by Gasteiger charge is -2.19. The van der Waals surface area contributed by atoms with Crippen molar-refractivity contribution in [1.29, 1.82) is 0 Å². The van der Waals surface area contributed by atoms with Crippen LogP contribution < -0.4 is 0 Å². The summed E-state index contributed by atoms with van der Waals surface area (Å²) in [5.74, 6) is 0. The van der Waals surface area contributed by atoms with E-state index in [1.54, 1.807) is 0 Å². The number of ether oxygens (including phenoxy) is 3. The summed E-state index contributed by atoms with van der Waals surface area (Å²) >= 11 is 0. The van der Waals surface area contributed by atoms with E-state index in [0.717, 1.165) is 0 Å². The van der Waals surface area contributed by atoms with Crippen molar-refractivity contribution in [1.82, 2.24) is 0 Å². The minimum absolute atomic E-state index is 0.0455. The van der Waals surface area contributed by atoms with Crippen LogP contribution in [-0.2, 0) is 23.3 Å². The summed E-state index contributed by atoms with van der Waals surface area (Å²) in [6.07, 6.45) is 0.236. The molecule has 0 saturated carbocycles. The molecule has 0 bridgehead atoms. The molecule has 0 heterocycles. The predicted octanol–water partition coefficient (Wildman–Crippen LogP) is 2.20. The minimum atomic E-state index is 0.0455. The lowest BCUT2D eigenvalue weighted by atomic mass is 10.4. The van der Waals surface area contributed by atoms with E-state index in [4.69, 9.17) is 23.3 Å². The standard InChI is InChI=1S/C12H28O5P2/c1-9(14-7-11(3)16-18)5-13-6-10(2)15-8-12(4)17-19/h9-12H,5-8,18-19H2,1-4H3. The van der Waals surface area contributed by atoms with Crippen LogP contribution in [0.2, 0.25) is 0 Å². The highest BCUT2D eigenvalue weighted by molar-refractivity contribution is 7.10. The molecule has 0 fully saturated rings. The first-order valence-corrected chi connectivity index (χ1v) is 7.45. The smallest absolute Gasteiger partial charge is 0.0816 e. The first-order valence-electron chi connectivity index (χ1n) is 6.51. The highest BCUT2D eigenvalue weighted by Gasteiger charge is 2.09. The van der Waals surface area contributed by atoms with Crippen LogP contribution in [0, 0.1) is 0 Å². The Hall–Kier alpha value is 0.660. The highest BCUT2D eigenvalue weighted by atomic mass is 31.0. The lowest BCUT2D eigenvalue weighted by molar-refractivity contribution is -0.0640. The van der Waals surface area contributed by atoms with Crippen molar-refractivity contribution in [3.8, 4) is 0 Å². The van der Waals surface area contributed by atoms with Gasteiger partial charge in [-0.2, -0.15) is 0 Å². The van der Waals surface area contributed by atoms with Crippen LogP contribution in [0.1, 0.15) is 27.7 Å². The minimum Gasteiger partial charge on any atom is -0.376 e. The number of hydrogen-bond donors (Lipinski definition) is 0. The summed E-state index contributed by atoms with van der Waals surface area (Å²) in [4.78, 5) is 0. The normalized spacial score (nSPS) is 18.0. The van der Waals surface area contributed by atoms with Crippen molar-refractivity contribution < 1.29 is 23.3 Å². The molecule has 0 amide bonds. The van der Waals surface area contributed by atoms with Gasteiger partial charge in [-0.05, 0) is 27.7 Å². The molecule has 6 unspecified atom stereocenters. The Morgan fingerprint density at radius 2 is 1.00 bits per heavy atom. The molecule has 0 aliphatic heterocycles. The average molecular weight is 314 g/mol. The Labute approximate surface area is 121 Å². The van der Waals surface area contributed by atoms with Gasteiger partial charge in [0.2, 0.25) is 0 Å². The zero-order valence-corrected chi connectivity index (χ0v) is 14.6. The van der Waals surface area contributed by atoms with Crippen molar-refractivity contribution in [3.63, 3.8) is 0 Å². The van der Waals surface area contributed by atoms with Crippen LogP contribution in [0.25, 0.3) is 0 Å².